The van der Waals surface area contributed by atoms with Crippen molar-refractivity contribution in [2.75, 3.05) is 12.4 Å². The number of carbonyl (C=O) groups excluding carboxylic acids is 1. The standard InChI is InChI=1S/C17H11F2N5O3/c1-27-17(26)22-16-20-10-5-2-7(6-11(10)21-16)14-12-8(18)3-4-9(19)13(12)15(25)24-23-14/h2-6H,1H3,(H,24,25)(H2,20,21,22,26). The molecule has 1 amide bonds. The number of aromatic nitrogens is 4. The monoisotopic (exact) mass is 371 g/mol. The number of ether oxygens (including phenoxy) is 1. The van der Waals surface area contributed by atoms with Gasteiger partial charge in [-0.15, -0.1) is 0 Å². The zero-order valence-electron chi connectivity index (χ0n) is 13.8. The maximum atomic E-state index is 14.4. The number of anilines is 1. The quantitative estimate of drug-likeness (QED) is 0.501. The van der Waals surface area contributed by atoms with Crippen molar-refractivity contribution < 1.29 is 18.3 Å². The number of amides is 1. The minimum atomic E-state index is -0.844. The number of aromatic amines is 2. The number of hydrogen-bond acceptors (Lipinski definition) is 5. The van der Waals surface area contributed by atoms with Crippen LogP contribution in [0.5, 0.6) is 0 Å². The first-order valence-electron chi connectivity index (χ1n) is 7.69. The van der Waals surface area contributed by atoms with Crippen molar-refractivity contribution in [3.63, 3.8) is 0 Å². The van der Waals surface area contributed by atoms with Crippen molar-refractivity contribution in [2.24, 2.45) is 0 Å². The molecule has 8 nitrogen and oxygen atoms in total. The minimum Gasteiger partial charge on any atom is -0.453 e. The van der Waals surface area contributed by atoms with Crippen molar-refractivity contribution in [3.05, 3.63) is 52.3 Å². The third-order valence-electron chi connectivity index (χ3n) is 4.00. The van der Waals surface area contributed by atoms with E-state index in [0.29, 0.717) is 16.6 Å². The molecular weight excluding hydrogens is 360 g/mol. The van der Waals surface area contributed by atoms with Crippen molar-refractivity contribution in [3.8, 4) is 11.3 Å². The van der Waals surface area contributed by atoms with Crippen LogP contribution in [0.1, 0.15) is 0 Å². The zero-order chi connectivity index (χ0) is 19.1. The molecule has 0 bridgehead atoms. The molecule has 136 valence electrons. The fourth-order valence-corrected chi connectivity index (χ4v) is 2.80. The van der Waals surface area contributed by atoms with Gasteiger partial charge in [-0.25, -0.2) is 23.7 Å². The number of methoxy groups -OCH3 is 1. The van der Waals surface area contributed by atoms with Gasteiger partial charge in [-0.3, -0.25) is 10.1 Å². The molecule has 4 aromatic rings. The normalized spacial score (nSPS) is 11.1. The van der Waals surface area contributed by atoms with Crippen molar-refractivity contribution in [2.45, 2.75) is 0 Å². The number of H-pyrrole nitrogens is 2. The molecule has 2 aromatic carbocycles. The minimum absolute atomic E-state index is 0.0700. The summed E-state index contributed by atoms with van der Waals surface area (Å²) in [6.45, 7) is 0. The van der Waals surface area contributed by atoms with Crippen LogP contribution >= 0.6 is 0 Å². The summed E-state index contributed by atoms with van der Waals surface area (Å²) < 4.78 is 32.9. The fraction of sp³-hybridized carbons (Fsp3) is 0.0588. The van der Waals surface area contributed by atoms with Gasteiger partial charge in [-0.2, -0.15) is 5.10 Å². The Hall–Kier alpha value is -3.82. The second-order valence-corrected chi connectivity index (χ2v) is 5.61. The van der Waals surface area contributed by atoms with Gasteiger partial charge in [0, 0.05) is 5.56 Å². The summed E-state index contributed by atoms with van der Waals surface area (Å²) in [7, 11) is 1.22. The summed E-state index contributed by atoms with van der Waals surface area (Å²) in [4.78, 5) is 30.2. The van der Waals surface area contributed by atoms with E-state index in [4.69, 9.17) is 0 Å². The SMILES string of the molecule is COC(=O)Nc1nc2ccc(-c3n[nH]c(=O)c4c(F)ccc(F)c34)cc2[nH]1. The van der Waals surface area contributed by atoms with Crippen molar-refractivity contribution in [1.29, 1.82) is 0 Å². The number of halogens is 2. The number of nitrogens with zero attached hydrogens (tertiary/aromatic N) is 2. The molecule has 0 saturated carbocycles. The molecule has 3 N–H and O–H groups in total. The molecule has 0 fully saturated rings. The highest BCUT2D eigenvalue weighted by atomic mass is 19.1. The maximum Gasteiger partial charge on any atom is 0.413 e. The van der Waals surface area contributed by atoms with Crippen molar-refractivity contribution >= 4 is 33.8 Å². The number of carbonyl (C=O) groups is 1. The number of imidazole rings is 1. The highest BCUT2D eigenvalue weighted by Crippen LogP contribution is 2.30. The van der Waals surface area contributed by atoms with Gasteiger partial charge in [0.1, 0.15) is 17.3 Å². The van der Waals surface area contributed by atoms with Gasteiger partial charge >= 0.3 is 6.09 Å². The largest absolute Gasteiger partial charge is 0.453 e. The van der Waals surface area contributed by atoms with E-state index in [2.05, 4.69) is 30.2 Å². The van der Waals surface area contributed by atoms with Gasteiger partial charge in [0.05, 0.1) is 28.9 Å². The maximum absolute atomic E-state index is 14.4. The first-order valence-corrected chi connectivity index (χ1v) is 7.69. The second-order valence-electron chi connectivity index (χ2n) is 5.61. The Labute approximate surface area is 149 Å². The van der Waals surface area contributed by atoms with E-state index in [0.717, 1.165) is 12.1 Å². The van der Waals surface area contributed by atoms with Crippen LogP contribution in [0.3, 0.4) is 0 Å². The smallest absolute Gasteiger partial charge is 0.413 e. The van der Waals surface area contributed by atoms with Crippen LogP contribution in [-0.2, 0) is 4.74 Å². The molecule has 27 heavy (non-hydrogen) atoms. The molecule has 0 unspecified atom stereocenters. The Kier molecular flexibility index (Phi) is 3.80. The lowest BCUT2D eigenvalue weighted by molar-refractivity contribution is 0.186. The summed E-state index contributed by atoms with van der Waals surface area (Å²) in [6.07, 6.45) is -0.694. The summed E-state index contributed by atoms with van der Waals surface area (Å²) >= 11 is 0. The summed E-state index contributed by atoms with van der Waals surface area (Å²) in [5, 5.41) is 7.84. The highest BCUT2D eigenvalue weighted by molar-refractivity contribution is 5.96. The van der Waals surface area contributed by atoms with Crippen LogP contribution < -0.4 is 10.9 Å². The van der Waals surface area contributed by atoms with Crippen LogP contribution in [0.2, 0.25) is 0 Å². The number of hydrogen-bond donors (Lipinski definition) is 3. The molecule has 0 spiro atoms. The summed E-state index contributed by atoms with van der Waals surface area (Å²) in [6, 6.07) is 6.62. The van der Waals surface area contributed by atoms with Crippen LogP contribution in [0.15, 0.2) is 35.1 Å². The van der Waals surface area contributed by atoms with Gasteiger partial charge in [-0.1, -0.05) is 6.07 Å². The topological polar surface area (TPSA) is 113 Å². The fourth-order valence-electron chi connectivity index (χ4n) is 2.80. The summed E-state index contributed by atoms with van der Waals surface area (Å²) in [5.74, 6) is -1.45. The van der Waals surface area contributed by atoms with Gasteiger partial charge in [0.2, 0.25) is 5.95 Å². The second kappa shape index (κ2) is 6.16. The van der Waals surface area contributed by atoms with Gasteiger partial charge in [-0.05, 0) is 24.3 Å². The van der Waals surface area contributed by atoms with Crippen LogP contribution in [0.25, 0.3) is 33.1 Å². The third kappa shape index (κ3) is 2.76. The van der Waals surface area contributed by atoms with Gasteiger partial charge in [0.25, 0.3) is 5.56 Å². The lowest BCUT2D eigenvalue weighted by atomic mass is 10.0. The van der Waals surface area contributed by atoms with Crippen LogP contribution in [0, 0.1) is 11.6 Å². The van der Waals surface area contributed by atoms with Crippen LogP contribution in [-0.4, -0.2) is 33.4 Å². The van der Waals surface area contributed by atoms with Gasteiger partial charge in [0.15, 0.2) is 0 Å². The van der Waals surface area contributed by atoms with E-state index in [1.165, 1.54) is 7.11 Å². The summed E-state index contributed by atoms with van der Waals surface area (Å²) in [5.41, 5.74) is 0.697. The average molecular weight is 371 g/mol. The molecular formula is C17H11F2N5O3. The lowest BCUT2D eigenvalue weighted by Crippen LogP contribution is -2.12. The Bertz CT molecular complexity index is 1260. The number of rotatable bonds is 2. The third-order valence-corrected chi connectivity index (χ3v) is 4.00. The Morgan fingerprint density at radius 3 is 2.63 bits per heavy atom. The average Bonchev–Trinajstić information content (AvgIpc) is 3.06. The van der Waals surface area contributed by atoms with E-state index >= 15 is 0 Å². The molecule has 0 atom stereocenters. The molecule has 0 aliphatic heterocycles. The predicted octanol–water partition coefficient (Wildman–Crippen LogP) is 2.92. The van der Waals surface area contributed by atoms with Gasteiger partial charge < -0.3 is 9.72 Å². The zero-order valence-corrected chi connectivity index (χ0v) is 13.8. The first-order chi connectivity index (χ1) is 13.0. The van der Waals surface area contributed by atoms with E-state index < -0.39 is 28.7 Å². The van der Waals surface area contributed by atoms with E-state index in [1.54, 1.807) is 18.2 Å². The predicted molar refractivity (Wildman–Crippen MR) is 93.4 cm³/mol. The Morgan fingerprint density at radius 2 is 1.89 bits per heavy atom. The lowest BCUT2D eigenvalue weighted by Gasteiger charge is -2.07. The Morgan fingerprint density at radius 1 is 1.15 bits per heavy atom. The number of fused-ring (bicyclic) bond motifs is 2. The molecule has 0 saturated heterocycles. The Balaban J connectivity index is 1.90. The first kappa shape index (κ1) is 16.6. The molecule has 10 heteroatoms. The number of nitrogens with one attached hydrogen (secondary N) is 3. The van der Waals surface area contributed by atoms with E-state index in [-0.39, 0.29) is 17.0 Å². The molecule has 0 aliphatic carbocycles. The van der Waals surface area contributed by atoms with Crippen molar-refractivity contribution in [1.82, 2.24) is 20.2 Å². The molecule has 0 radical (unpaired) electrons. The highest BCUT2D eigenvalue weighted by Gasteiger charge is 2.17. The molecule has 2 heterocycles. The molecule has 4 rings (SSSR count). The van der Waals surface area contributed by atoms with E-state index in [1.807, 2.05) is 0 Å². The molecule has 2 aromatic heterocycles. The molecule has 0 aliphatic rings. The number of benzene rings is 2. The van der Waals surface area contributed by atoms with Crippen LogP contribution in [0.4, 0.5) is 19.5 Å². The van der Waals surface area contributed by atoms with E-state index in [9.17, 15) is 18.4 Å².